The molecule has 0 N–H and O–H groups in total. The number of amides is 1. The molecule has 1 aliphatic rings. The summed E-state index contributed by atoms with van der Waals surface area (Å²) >= 11 is -0.951. The average Bonchev–Trinajstić information content (AvgIpc) is 2.36. The van der Waals surface area contributed by atoms with E-state index in [1.54, 1.807) is 11.2 Å². The molecular formula is C13H17NO3S. The minimum atomic E-state index is -0.951. The van der Waals surface area contributed by atoms with Crippen molar-refractivity contribution in [1.29, 1.82) is 0 Å². The Morgan fingerprint density at radius 2 is 2.17 bits per heavy atom. The van der Waals surface area contributed by atoms with Gasteiger partial charge in [0.15, 0.2) is 5.37 Å². The van der Waals surface area contributed by atoms with Gasteiger partial charge in [0, 0.05) is 6.54 Å². The molecule has 2 atom stereocenters. The Hall–Kier alpha value is -1.20. The lowest BCUT2D eigenvalue weighted by molar-refractivity contribution is -0.142. The van der Waals surface area contributed by atoms with Crippen molar-refractivity contribution in [3.05, 3.63) is 30.3 Å². The zero-order valence-corrected chi connectivity index (χ0v) is 11.2. The number of hydrogen-bond donors (Lipinski definition) is 0. The van der Waals surface area contributed by atoms with Crippen molar-refractivity contribution >= 4 is 17.1 Å². The molecule has 0 bridgehead atoms. The Bertz CT molecular complexity index is 396. The highest BCUT2D eigenvalue weighted by Crippen LogP contribution is 2.23. The number of hydrogen-bond acceptors (Lipinski definition) is 3. The van der Waals surface area contributed by atoms with Crippen molar-refractivity contribution in [2.24, 2.45) is 0 Å². The van der Waals surface area contributed by atoms with E-state index in [1.165, 1.54) is 0 Å². The van der Waals surface area contributed by atoms with E-state index in [1.807, 2.05) is 30.3 Å². The Morgan fingerprint density at radius 1 is 1.44 bits per heavy atom. The number of β-lactam (4-membered cyclic amide) rings is 1. The highest BCUT2D eigenvalue weighted by Gasteiger charge is 2.42. The molecule has 18 heavy (non-hydrogen) atoms. The van der Waals surface area contributed by atoms with Crippen LogP contribution in [-0.2, 0) is 16.0 Å². The summed E-state index contributed by atoms with van der Waals surface area (Å²) in [5.41, 5.74) is 0. The van der Waals surface area contributed by atoms with Crippen LogP contribution < -0.4 is 4.74 Å². The van der Waals surface area contributed by atoms with Gasteiger partial charge in [-0.2, -0.15) is 0 Å². The zero-order chi connectivity index (χ0) is 13.0. The van der Waals surface area contributed by atoms with Crippen LogP contribution in [0, 0.1) is 0 Å². The van der Waals surface area contributed by atoms with Crippen LogP contribution >= 0.6 is 0 Å². The summed E-state index contributed by atoms with van der Waals surface area (Å²) in [6.45, 7) is 1.19. The molecule has 98 valence electrons. The number of nitrogens with zero attached hydrogens (tertiary/aromatic N) is 1. The van der Waals surface area contributed by atoms with Gasteiger partial charge in [0.25, 0.3) is 0 Å². The second kappa shape index (κ2) is 6.11. The maximum Gasteiger partial charge on any atom is 0.233 e. The van der Waals surface area contributed by atoms with E-state index in [9.17, 15) is 9.35 Å². The summed E-state index contributed by atoms with van der Waals surface area (Å²) in [4.78, 5) is 13.0. The molecule has 1 heterocycles. The first-order valence-electron chi connectivity index (χ1n) is 5.98. The number of para-hydroxylation sites is 1. The number of ether oxygens (including phenoxy) is 1. The van der Waals surface area contributed by atoms with E-state index in [2.05, 4.69) is 0 Å². The molecule has 0 radical (unpaired) electrons. The van der Waals surface area contributed by atoms with Crippen LogP contribution in [0.2, 0.25) is 0 Å². The zero-order valence-electron chi connectivity index (χ0n) is 10.4. The van der Waals surface area contributed by atoms with E-state index in [0.29, 0.717) is 19.6 Å². The van der Waals surface area contributed by atoms with Gasteiger partial charge in [-0.15, -0.1) is 0 Å². The van der Waals surface area contributed by atoms with Crippen molar-refractivity contribution in [1.82, 2.24) is 4.90 Å². The van der Waals surface area contributed by atoms with Crippen LogP contribution in [0.5, 0.6) is 5.75 Å². The van der Waals surface area contributed by atoms with Gasteiger partial charge < -0.3 is 9.29 Å². The van der Waals surface area contributed by atoms with Crippen LogP contribution in [-0.4, -0.2) is 40.1 Å². The lowest BCUT2D eigenvalue weighted by Crippen LogP contribution is -2.56. The lowest BCUT2D eigenvalue weighted by atomic mass is 10.2. The third kappa shape index (κ3) is 3.17. The first-order chi connectivity index (χ1) is 8.68. The standard InChI is InChI=1S/C13H17NO3S/c1-18(16)13-10-12(15)14(13)8-5-9-17-11-6-3-2-4-7-11/h2-4,6-7,13H,5,8-10H2,1H3. The van der Waals surface area contributed by atoms with Crippen molar-refractivity contribution in [3.8, 4) is 5.75 Å². The van der Waals surface area contributed by atoms with E-state index in [-0.39, 0.29) is 11.3 Å². The van der Waals surface area contributed by atoms with Crippen molar-refractivity contribution in [2.45, 2.75) is 18.2 Å². The highest BCUT2D eigenvalue weighted by atomic mass is 32.2. The molecule has 0 saturated carbocycles. The summed E-state index contributed by atoms with van der Waals surface area (Å²) in [6.07, 6.45) is 2.82. The molecule has 5 heteroatoms. The van der Waals surface area contributed by atoms with Crippen LogP contribution in [0.4, 0.5) is 0 Å². The molecule has 1 aromatic rings. The SMILES string of the molecule is C[S+]([O-])C1CC(=O)N1CCCOc1ccccc1. The predicted molar refractivity (Wildman–Crippen MR) is 70.7 cm³/mol. The number of likely N-dealkylation sites (tertiary alicyclic amines) is 1. The molecule has 2 rings (SSSR count). The number of carbonyl (C=O) groups is 1. The molecule has 0 aromatic heterocycles. The molecule has 1 aromatic carbocycles. The first-order valence-corrected chi connectivity index (χ1v) is 7.60. The Labute approximate surface area is 110 Å². The summed E-state index contributed by atoms with van der Waals surface area (Å²) in [6, 6.07) is 9.58. The quantitative estimate of drug-likeness (QED) is 0.444. The normalized spacial score (nSPS) is 20.4. The van der Waals surface area contributed by atoms with E-state index in [4.69, 9.17) is 4.74 Å². The first kappa shape index (κ1) is 13.2. The fraction of sp³-hybridized carbons (Fsp3) is 0.462. The summed E-state index contributed by atoms with van der Waals surface area (Å²) in [7, 11) is 0. The highest BCUT2D eigenvalue weighted by molar-refractivity contribution is 7.91. The molecule has 1 saturated heterocycles. The Morgan fingerprint density at radius 3 is 2.78 bits per heavy atom. The largest absolute Gasteiger partial charge is 0.615 e. The summed E-state index contributed by atoms with van der Waals surface area (Å²) in [5.74, 6) is 0.929. The average molecular weight is 267 g/mol. The van der Waals surface area contributed by atoms with Gasteiger partial charge in [-0.25, -0.2) is 0 Å². The summed E-state index contributed by atoms with van der Waals surface area (Å²) in [5, 5.41) is -0.0887. The fourth-order valence-corrected chi connectivity index (χ4v) is 2.89. The molecule has 0 spiro atoms. The second-order valence-corrected chi connectivity index (χ2v) is 5.80. The van der Waals surface area contributed by atoms with Gasteiger partial charge in [0.05, 0.1) is 19.3 Å². The third-order valence-corrected chi connectivity index (χ3v) is 4.14. The number of benzene rings is 1. The van der Waals surface area contributed by atoms with Crippen molar-refractivity contribution < 1.29 is 14.1 Å². The fourth-order valence-electron chi connectivity index (χ4n) is 1.93. The van der Waals surface area contributed by atoms with Gasteiger partial charge in [-0.3, -0.25) is 9.69 Å². The Kier molecular flexibility index (Phi) is 4.49. The minimum absolute atomic E-state index is 0.0887. The second-order valence-electron chi connectivity index (χ2n) is 4.26. The van der Waals surface area contributed by atoms with Crippen molar-refractivity contribution in [2.75, 3.05) is 19.4 Å². The maximum atomic E-state index is 11.4. The van der Waals surface area contributed by atoms with E-state index >= 15 is 0 Å². The monoisotopic (exact) mass is 267 g/mol. The van der Waals surface area contributed by atoms with E-state index in [0.717, 1.165) is 12.2 Å². The topological polar surface area (TPSA) is 52.6 Å². The van der Waals surface area contributed by atoms with Gasteiger partial charge in [0.2, 0.25) is 5.91 Å². The molecule has 4 nitrogen and oxygen atoms in total. The molecule has 1 fully saturated rings. The van der Waals surface area contributed by atoms with Crippen LogP contribution in [0.3, 0.4) is 0 Å². The maximum absolute atomic E-state index is 11.4. The van der Waals surface area contributed by atoms with Crippen molar-refractivity contribution in [3.63, 3.8) is 0 Å². The molecular weight excluding hydrogens is 250 g/mol. The lowest BCUT2D eigenvalue weighted by Gasteiger charge is -2.39. The summed E-state index contributed by atoms with van der Waals surface area (Å²) < 4.78 is 16.9. The third-order valence-electron chi connectivity index (χ3n) is 2.96. The Balaban J connectivity index is 1.68. The van der Waals surface area contributed by atoms with Crippen LogP contribution in [0.25, 0.3) is 0 Å². The molecule has 1 amide bonds. The van der Waals surface area contributed by atoms with Gasteiger partial charge in [-0.1, -0.05) is 18.2 Å². The molecule has 0 aliphatic carbocycles. The smallest absolute Gasteiger partial charge is 0.233 e. The molecule has 2 unspecified atom stereocenters. The molecule has 1 aliphatic heterocycles. The van der Waals surface area contributed by atoms with Gasteiger partial charge >= 0.3 is 0 Å². The number of carbonyl (C=O) groups excluding carboxylic acids is 1. The van der Waals surface area contributed by atoms with Gasteiger partial charge in [-0.05, 0) is 29.7 Å². The van der Waals surface area contributed by atoms with Crippen LogP contribution in [0.15, 0.2) is 30.3 Å². The number of rotatable bonds is 6. The van der Waals surface area contributed by atoms with E-state index < -0.39 is 11.2 Å². The predicted octanol–water partition coefficient (Wildman–Crippen LogP) is 1.39. The minimum Gasteiger partial charge on any atom is -0.615 e. The van der Waals surface area contributed by atoms with Crippen LogP contribution in [0.1, 0.15) is 12.8 Å². The van der Waals surface area contributed by atoms with Gasteiger partial charge in [0.1, 0.15) is 5.75 Å².